The Bertz CT molecular complexity index is 1180. The maximum atomic E-state index is 13.7. The van der Waals surface area contributed by atoms with E-state index < -0.39 is 23.5 Å². The number of likely N-dealkylation sites (tertiary alicyclic amines) is 1. The van der Waals surface area contributed by atoms with Gasteiger partial charge in [-0.05, 0) is 73.9 Å². The monoisotopic (exact) mass is 667 g/mol. The minimum absolute atomic E-state index is 0.197. The van der Waals surface area contributed by atoms with E-state index >= 15 is 0 Å². The Hall–Kier alpha value is -2.63. The van der Waals surface area contributed by atoms with Crippen LogP contribution in [0.5, 0.6) is 11.5 Å². The number of carbonyl (C=O) groups excluding carboxylic acids is 2. The van der Waals surface area contributed by atoms with Gasteiger partial charge in [-0.2, -0.15) is 0 Å². The van der Waals surface area contributed by atoms with Crippen LogP contribution in [0.4, 0.5) is 4.79 Å². The summed E-state index contributed by atoms with van der Waals surface area (Å²) in [6, 6.07) is 11.8. The third-order valence-corrected chi connectivity index (χ3v) is 8.17. The molecule has 0 saturated carbocycles. The number of hydroxylamine groups is 1. The van der Waals surface area contributed by atoms with Gasteiger partial charge in [0.15, 0.2) is 0 Å². The van der Waals surface area contributed by atoms with E-state index in [2.05, 4.69) is 37.2 Å². The van der Waals surface area contributed by atoms with Gasteiger partial charge in [-0.3, -0.25) is 14.8 Å². The first-order valence-electron chi connectivity index (χ1n) is 12.7. The van der Waals surface area contributed by atoms with Gasteiger partial charge < -0.3 is 20.1 Å². The molecule has 3 amide bonds. The van der Waals surface area contributed by atoms with E-state index in [4.69, 9.17) is 4.74 Å². The zero-order valence-electron chi connectivity index (χ0n) is 22.5. The molecule has 0 aromatic heterocycles. The minimum Gasteiger partial charge on any atom is -0.465 e. The quantitative estimate of drug-likeness (QED) is 0.176. The lowest BCUT2D eigenvalue weighted by atomic mass is 9.81. The van der Waals surface area contributed by atoms with Gasteiger partial charge in [0.25, 0.3) is 5.91 Å². The number of hydrogen-bond donors (Lipinski definition) is 4. The number of carbonyl (C=O) groups is 3. The lowest BCUT2D eigenvalue weighted by molar-refractivity contribution is -0.144. The van der Waals surface area contributed by atoms with E-state index in [1.807, 2.05) is 70.2 Å². The van der Waals surface area contributed by atoms with Crippen molar-refractivity contribution < 1.29 is 29.4 Å². The number of amides is 3. The van der Waals surface area contributed by atoms with Crippen molar-refractivity contribution in [3.05, 3.63) is 57.0 Å². The molecule has 2 unspecified atom stereocenters. The molecule has 1 heterocycles. The van der Waals surface area contributed by atoms with Crippen LogP contribution in [0.25, 0.3) is 0 Å². The highest BCUT2D eigenvalue weighted by atomic mass is 79.9. The summed E-state index contributed by atoms with van der Waals surface area (Å²) in [7, 11) is 0. The summed E-state index contributed by atoms with van der Waals surface area (Å²) in [6.07, 6.45) is 0.659. The predicted molar refractivity (Wildman–Crippen MR) is 154 cm³/mol. The number of rotatable bonds is 10. The van der Waals surface area contributed by atoms with Crippen LogP contribution in [-0.4, -0.2) is 51.7 Å². The molecule has 39 heavy (non-hydrogen) atoms. The first-order chi connectivity index (χ1) is 18.2. The normalized spacial score (nSPS) is 18.9. The molecule has 3 atom stereocenters. The summed E-state index contributed by atoms with van der Waals surface area (Å²) in [5, 5.41) is 21.1. The molecule has 1 saturated heterocycles. The molecule has 2 aromatic rings. The van der Waals surface area contributed by atoms with E-state index in [1.165, 1.54) is 4.90 Å². The molecule has 0 spiro atoms. The summed E-state index contributed by atoms with van der Waals surface area (Å²) >= 11 is 6.89. The summed E-state index contributed by atoms with van der Waals surface area (Å²) in [5.41, 5.74) is 1.34. The van der Waals surface area contributed by atoms with E-state index in [0.717, 1.165) is 14.5 Å². The van der Waals surface area contributed by atoms with Crippen LogP contribution in [0.1, 0.15) is 58.9 Å². The van der Waals surface area contributed by atoms with Gasteiger partial charge in [-0.15, -0.1) is 0 Å². The summed E-state index contributed by atoms with van der Waals surface area (Å²) in [5.74, 6) is 0.422. The second-order valence-corrected chi connectivity index (χ2v) is 12.9. The van der Waals surface area contributed by atoms with Crippen molar-refractivity contribution in [3.8, 4) is 11.5 Å². The fourth-order valence-electron chi connectivity index (χ4n) is 4.94. The number of ether oxygens (including phenoxy) is 1. The predicted octanol–water partition coefficient (Wildman–Crippen LogP) is 6.22. The van der Waals surface area contributed by atoms with Gasteiger partial charge in [0.05, 0.1) is 5.41 Å². The molecule has 11 heteroatoms. The van der Waals surface area contributed by atoms with Crippen molar-refractivity contribution in [2.75, 3.05) is 6.54 Å². The Balaban J connectivity index is 1.72. The average Bonchev–Trinajstić information content (AvgIpc) is 3.14. The zero-order valence-corrected chi connectivity index (χ0v) is 25.6. The number of benzene rings is 2. The molecular formula is C28H35Br2N3O6. The van der Waals surface area contributed by atoms with Gasteiger partial charge in [0.2, 0.25) is 5.91 Å². The SMILES string of the molecule is CC1(c2ccc(Oc3cc(Br)cc(Br)c3)cc2)CCN(C(CCC[C@@H](NC(=O)O)C(C)(C)C)C(=O)NO)C1=O. The van der Waals surface area contributed by atoms with Crippen molar-refractivity contribution >= 4 is 49.8 Å². The van der Waals surface area contributed by atoms with Crippen molar-refractivity contribution in [1.82, 2.24) is 15.7 Å². The maximum Gasteiger partial charge on any atom is 0.404 e. The molecule has 1 aliphatic heterocycles. The molecule has 2 aromatic carbocycles. The number of nitrogens with zero attached hydrogens (tertiary/aromatic N) is 1. The largest absolute Gasteiger partial charge is 0.465 e. The standard InChI is InChI=1S/C28H35Br2N3O6/c1-27(2,3)23(31-26(36)37)7-5-6-22(24(34)32-38)33-13-12-28(4,25(33)35)17-8-10-20(11-9-17)39-21-15-18(29)14-19(30)16-21/h8-11,14-16,22-23,31,38H,5-7,12-13H2,1-4H3,(H,32,34)(H,36,37)/t22?,23-,28?/m1/s1. The maximum absolute atomic E-state index is 13.7. The first kappa shape index (κ1) is 30.9. The Morgan fingerprint density at radius 3 is 2.23 bits per heavy atom. The molecule has 3 rings (SSSR count). The summed E-state index contributed by atoms with van der Waals surface area (Å²) < 4.78 is 7.71. The van der Waals surface area contributed by atoms with Crippen LogP contribution < -0.4 is 15.5 Å². The zero-order chi connectivity index (χ0) is 29.0. The van der Waals surface area contributed by atoms with Gasteiger partial charge >= 0.3 is 6.09 Å². The van der Waals surface area contributed by atoms with Crippen LogP contribution in [0.2, 0.25) is 0 Å². The fraction of sp³-hybridized carbons (Fsp3) is 0.464. The summed E-state index contributed by atoms with van der Waals surface area (Å²) in [6.45, 7) is 8.03. The fourth-order valence-corrected chi connectivity index (χ4v) is 6.19. The van der Waals surface area contributed by atoms with Crippen LogP contribution in [0.15, 0.2) is 51.4 Å². The third-order valence-electron chi connectivity index (χ3n) is 7.25. The topological polar surface area (TPSA) is 128 Å². The lowest BCUT2D eigenvalue weighted by Crippen LogP contribution is -2.49. The first-order valence-corrected chi connectivity index (χ1v) is 14.3. The number of nitrogens with one attached hydrogen (secondary N) is 2. The summed E-state index contributed by atoms with van der Waals surface area (Å²) in [4.78, 5) is 39.0. The molecule has 1 aliphatic rings. The van der Waals surface area contributed by atoms with E-state index in [1.54, 1.807) is 5.48 Å². The highest BCUT2D eigenvalue weighted by molar-refractivity contribution is 9.11. The van der Waals surface area contributed by atoms with E-state index in [9.17, 15) is 24.7 Å². The van der Waals surface area contributed by atoms with Crippen LogP contribution in [0.3, 0.4) is 0 Å². The van der Waals surface area contributed by atoms with Crippen molar-refractivity contribution in [2.24, 2.45) is 5.41 Å². The molecule has 0 bridgehead atoms. The number of halogens is 2. The highest BCUT2D eigenvalue weighted by Crippen LogP contribution is 2.38. The van der Waals surface area contributed by atoms with Crippen molar-refractivity contribution in [3.63, 3.8) is 0 Å². The van der Waals surface area contributed by atoms with E-state index in [0.29, 0.717) is 37.3 Å². The van der Waals surface area contributed by atoms with Gasteiger partial charge in [-0.25, -0.2) is 10.3 Å². The molecule has 1 fully saturated rings. The third kappa shape index (κ3) is 7.73. The van der Waals surface area contributed by atoms with Crippen molar-refractivity contribution in [1.29, 1.82) is 0 Å². The molecule has 9 nitrogen and oxygen atoms in total. The van der Waals surface area contributed by atoms with Crippen LogP contribution in [0, 0.1) is 5.41 Å². The second-order valence-electron chi connectivity index (χ2n) is 11.1. The average molecular weight is 669 g/mol. The van der Waals surface area contributed by atoms with Gasteiger partial charge in [0.1, 0.15) is 17.5 Å². The Kier molecular flexibility index (Phi) is 10.1. The second kappa shape index (κ2) is 12.7. The number of hydrogen-bond acceptors (Lipinski definition) is 5. The lowest BCUT2D eigenvalue weighted by Gasteiger charge is -2.32. The molecule has 0 aliphatic carbocycles. The molecule has 0 radical (unpaired) electrons. The van der Waals surface area contributed by atoms with Crippen molar-refractivity contribution in [2.45, 2.75) is 70.9 Å². The van der Waals surface area contributed by atoms with Crippen LogP contribution in [-0.2, 0) is 15.0 Å². The molecular weight excluding hydrogens is 634 g/mol. The smallest absolute Gasteiger partial charge is 0.404 e. The Labute approximate surface area is 245 Å². The molecule has 4 N–H and O–H groups in total. The van der Waals surface area contributed by atoms with E-state index in [-0.39, 0.29) is 23.8 Å². The van der Waals surface area contributed by atoms with Gasteiger partial charge in [0, 0.05) is 21.5 Å². The minimum atomic E-state index is -1.11. The Morgan fingerprint density at radius 1 is 1.08 bits per heavy atom. The van der Waals surface area contributed by atoms with Gasteiger partial charge in [-0.1, -0.05) is 64.8 Å². The van der Waals surface area contributed by atoms with Crippen LogP contribution >= 0.6 is 31.9 Å². The number of carboxylic acid groups (broad SMARTS) is 1. The highest BCUT2D eigenvalue weighted by Gasteiger charge is 2.47. The molecule has 212 valence electrons. The Morgan fingerprint density at radius 2 is 1.69 bits per heavy atom.